The summed E-state index contributed by atoms with van der Waals surface area (Å²) in [5, 5.41) is 14.4. The standard InChI is InChI=1S/C17H21N5O4/c1-11(2)13(16(23)20-8-5-6-9-20)19-15-14(22(25)26)17(24)21-10-4-3-7-12(21)18-15/h3-4,7,10-11,13,19H,5-6,8-9H2,1-2H3/t13-/m0/s1. The van der Waals surface area contributed by atoms with Gasteiger partial charge in [-0.05, 0) is 30.9 Å². The third-order valence-electron chi connectivity index (χ3n) is 4.54. The summed E-state index contributed by atoms with van der Waals surface area (Å²) in [7, 11) is 0. The van der Waals surface area contributed by atoms with E-state index >= 15 is 0 Å². The number of amides is 1. The van der Waals surface area contributed by atoms with Crippen molar-refractivity contribution in [2.75, 3.05) is 18.4 Å². The number of nitrogens with zero attached hydrogens (tertiary/aromatic N) is 4. The lowest BCUT2D eigenvalue weighted by Crippen LogP contribution is -2.45. The third kappa shape index (κ3) is 3.24. The minimum absolute atomic E-state index is 0.123. The Labute approximate surface area is 149 Å². The van der Waals surface area contributed by atoms with Gasteiger partial charge in [0.1, 0.15) is 11.7 Å². The van der Waals surface area contributed by atoms with Crippen molar-refractivity contribution in [2.45, 2.75) is 32.7 Å². The van der Waals surface area contributed by atoms with Crippen LogP contribution in [0, 0.1) is 16.0 Å². The van der Waals surface area contributed by atoms with Crippen LogP contribution in [0.15, 0.2) is 29.2 Å². The molecule has 1 aliphatic rings. The Balaban J connectivity index is 2.05. The van der Waals surface area contributed by atoms with Gasteiger partial charge in [-0.15, -0.1) is 0 Å². The number of likely N-dealkylation sites (tertiary alicyclic amines) is 1. The van der Waals surface area contributed by atoms with Gasteiger partial charge in [-0.3, -0.25) is 24.1 Å². The zero-order chi connectivity index (χ0) is 18.8. The molecule has 3 heterocycles. The number of hydrogen-bond donors (Lipinski definition) is 1. The van der Waals surface area contributed by atoms with E-state index in [9.17, 15) is 19.7 Å². The maximum Gasteiger partial charge on any atom is 0.376 e. The van der Waals surface area contributed by atoms with Crippen molar-refractivity contribution < 1.29 is 9.72 Å². The number of nitrogens with one attached hydrogen (secondary N) is 1. The molecule has 0 bridgehead atoms. The molecule has 0 aromatic carbocycles. The summed E-state index contributed by atoms with van der Waals surface area (Å²) in [6.07, 6.45) is 3.33. The van der Waals surface area contributed by atoms with Crippen molar-refractivity contribution in [3.8, 4) is 0 Å². The Morgan fingerprint density at radius 3 is 2.62 bits per heavy atom. The van der Waals surface area contributed by atoms with E-state index in [-0.39, 0.29) is 23.3 Å². The first-order valence-corrected chi connectivity index (χ1v) is 8.61. The highest BCUT2D eigenvalue weighted by Crippen LogP contribution is 2.22. The van der Waals surface area contributed by atoms with E-state index in [1.54, 1.807) is 23.1 Å². The number of fused-ring (bicyclic) bond motifs is 1. The van der Waals surface area contributed by atoms with Crippen molar-refractivity contribution in [3.63, 3.8) is 0 Å². The van der Waals surface area contributed by atoms with Crippen molar-refractivity contribution in [1.29, 1.82) is 0 Å². The molecule has 1 atom stereocenters. The summed E-state index contributed by atoms with van der Waals surface area (Å²) in [5.74, 6) is -0.418. The first kappa shape index (κ1) is 17.8. The highest BCUT2D eigenvalue weighted by Gasteiger charge is 2.32. The zero-order valence-electron chi connectivity index (χ0n) is 14.7. The lowest BCUT2D eigenvalue weighted by molar-refractivity contribution is -0.385. The Hall–Kier alpha value is -2.97. The van der Waals surface area contributed by atoms with Crippen molar-refractivity contribution in [2.24, 2.45) is 5.92 Å². The van der Waals surface area contributed by atoms with Gasteiger partial charge in [-0.25, -0.2) is 4.98 Å². The van der Waals surface area contributed by atoms with Crippen LogP contribution in [0.4, 0.5) is 11.5 Å². The van der Waals surface area contributed by atoms with Crippen LogP contribution in [0.25, 0.3) is 5.65 Å². The SMILES string of the molecule is CC(C)[C@H](Nc1nc2ccccn2c(=O)c1[N+](=O)[O-])C(=O)N1CCCC1. The topological polar surface area (TPSA) is 110 Å². The number of nitro groups is 1. The number of anilines is 1. The van der Waals surface area contributed by atoms with E-state index in [4.69, 9.17) is 0 Å². The Morgan fingerprint density at radius 1 is 1.31 bits per heavy atom. The van der Waals surface area contributed by atoms with Crippen LogP contribution < -0.4 is 10.9 Å². The van der Waals surface area contributed by atoms with Crippen LogP contribution in [0.5, 0.6) is 0 Å². The van der Waals surface area contributed by atoms with Gasteiger partial charge in [-0.1, -0.05) is 19.9 Å². The molecule has 0 unspecified atom stereocenters. The monoisotopic (exact) mass is 359 g/mol. The molecular weight excluding hydrogens is 338 g/mol. The van der Waals surface area contributed by atoms with E-state index in [0.717, 1.165) is 17.2 Å². The molecule has 1 N–H and O–H groups in total. The zero-order valence-corrected chi connectivity index (χ0v) is 14.7. The fraction of sp³-hybridized carbons (Fsp3) is 0.471. The second-order valence-electron chi connectivity index (χ2n) is 6.70. The van der Waals surface area contributed by atoms with Crippen LogP contribution in [0.1, 0.15) is 26.7 Å². The van der Waals surface area contributed by atoms with Gasteiger partial charge in [0.2, 0.25) is 11.7 Å². The smallest absolute Gasteiger partial charge is 0.352 e. The second kappa shape index (κ2) is 7.11. The predicted molar refractivity (Wildman–Crippen MR) is 96.2 cm³/mol. The Morgan fingerprint density at radius 2 is 2.00 bits per heavy atom. The molecular formula is C17H21N5O4. The van der Waals surface area contributed by atoms with Crippen LogP contribution >= 0.6 is 0 Å². The maximum atomic E-state index is 12.8. The average Bonchev–Trinajstić information content (AvgIpc) is 3.13. The van der Waals surface area contributed by atoms with Crippen LogP contribution in [-0.4, -0.2) is 44.2 Å². The first-order valence-electron chi connectivity index (χ1n) is 8.61. The van der Waals surface area contributed by atoms with E-state index < -0.39 is 22.2 Å². The number of carbonyl (C=O) groups excluding carboxylic acids is 1. The summed E-state index contributed by atoms with van der Waals surface area (Å²) in [6, 6.07) is 4.18. The Bertz CT molecular complexity index is 902. The molecule has 0 saturated carbocycles. The molecule has 1 saturated heterocycles. The molecule has 1 amide bonds. The molecule has 26 heavy (non-hydrogen) atoms. The normalized spacial score (nSPS) is 15.4. The molecule has 0 aliphatic carbocycles. The molecule has 3 rings (SSSR count). The second-order valence-corrected chi connectivity index (χ2v) is 6.70. The van der Waals surface area contributed by atoms with E-state index in [1.807, 2.05) is 13.8 Å². The minimum Gasteiger partial charge on any atom is -0.352 e. The predicted octanol–water partition coefficient (Wildman–Crippen LogP) is 1.66. The van der Waals surface area contributed by atoms with Gasteiger partial charge in [0.25, 0.3) is 0 Å². The van der Waals surface area contributed by atoms with E-state index in [2.05, 4.69) is 10.3 Å². The van der Waals surface area contributed by atoms with Crippen molar-refractivity contribution in [3.05, 3.63) is 44.9 Å². The highest BCUT2D eigenvalue weighted by atomic mass is 16.6. The molecule has 1 fully saturated rings. The molecule has 138 valence electrons. The molecule has 1 aliphatic heterocycles. The molecule has 9 heteroatoms. The quantitative estimate of drug-likeness (QED) is 0.642. The maximum absolute atomic E-state index is 12.8. The molecule has 2 aromatic heterocycles. The van der Waals surface area contributed by atoms with Gasteiger partial charge in [0.05, 0.1) is 4.92 Å². The van der Waals surface area contributed by atoms with Crippen molar-refractivity contribution >= 4 is 23.1 Å². The summed E-state index contributed by atoms with van der Waals surface area (Å²) in [5.41, 5.74) is -1.16. The number of aromatic nitrogens is 2. The van der Waals surface area contributed by atoms with E-state index in [1.165, 1.54) is 6.20 Å². The fourth-order valence-electron chi connectivity index (χ4n) is 3.14. The average molecular weight is 359 g/mol. The lowest BCUT2D eigenvalue weighted by Gasteiger charge is -2.26. The molecule has 0 spiro atoms. The number of carbonyl (C=O) groups is 1. The van der Waals surface area contributed by atoms with E-state index in [0.29, 0.717) is 13.1 Å². The number of pyridine rings is 1. The number of rotatable bonds is 5. The van der Waals surface area contributed by atoms with Crippen LogP contribution in [-0.2, 0) is 4.79 Å². The van der Waals surface area contributed by atoms with Crippen LogP contribution in [0.2, 0.25) is 0 Å². The van der Waals surface area contributed by atoms with Gasteiger partial charge in [0.15, 0.2) is 0 Å². The van der Waals surface area contributed by atoms with Crippen molar-refractivity contribution in [1.82, 2.24) is 14.3 Å². The summed E-state index contributed by atoms with van der Waals surface area (Å²) in [4.78, 5) is 42.0. The molecule has 2 aromatic rings. The summed E-state index contributed by atoms with van der Waals surface area (Å²) in [6.45, 7) is 5.07. The van der Waals surface area contributed by atoms with Gasteiger partial charge < -0.3 is 10.2 Å². The highest BCUT2D eigenvalue weighted by molar-refractivity contribution is 5.85. The van der Waals surface area contributed by atoms with Gasteiger partial charge in [-0.2, -0.15) is 0 Å². The molecule has 0 radical (unpaired) electrons. The minimum atomic E-state index is -0.778. The molecule has 9 nitrogen and oxygen atoms in total. The largest absolute Gasteiger partial charge is 0.376 e. The Kier molecular flexibility index (Phi) is 4.88. The number of hydrogen-bond acceptors (Lipinski definition) is 6. The van der Waals surface area contributed by atoms with Crippen LogP contribution in [0.3, 0.4) is 0 Å². The van der Waals surface area contributed by atoms with Gasteiger partial charge in [0, 0.05) is 19.3 Å². The fourth-order valence-corrected chi connectivity index (χ4v) is 3.14. The first-order chi connectivity index (χ1) is 12.4. The summed E-state index contributed by atoms with van der Waals surface area (Å²) < 4.78 is 1.12. The van der Waals surface area contributed by atoms with Gasteiger partial charge >= 0.3 is 11.2 Å². The third-order valence-corrected chi connectivity index (χ3v) is 4.54. The lowest BCUT2D eigenvalue weighted by atomic mass is 10.0. The summed E-state index contributed by atoms with van der Waals surface area (Å²) >= 11 is 0.